The maximum atomic E-state index is 12.8. The first kappa shape index (κ1) is 28.7. The van der Waals surface area contributed by atoms with Crippen molar-refractivity contribution in [3.05, 3.63) is 95.7 Å². The number of carboxylic acids is 1. The van der Waals surface area contributed by atoms with Gasteiger partial charge in [0, 0.05) is 23.1 Å². The minimum absolute atomic E-state index is 0.151. The maximum absolute atomic E-state index is 12.8. The van der Waals surface area contributed by atoms with Gasteiger partial charge in [-0.25, -0.2) is 4.79 Å². The van der Waals surface area contributed by atoms with Crippen LogP contribution in [0.3, 0.4) is 0 Å². The fourth-order valence-electron chi connectivity index (χ4n) is 4.33. The second-order valence-corrected chi connectivity index (χ2v) is 9.50. The molecule has 1 aliphatic heterocycles. The van der Waals surface area contributed by atoms with Crippen LogP contribution in [0.1, 0.15) is 40.9 Å². The lowest BCUT2D eigenvalue weighted by Crippen LogP contribution is -2.29. The molecular formula is C30H30F3N3O4. The topological polar surface area (TPSA) is 94.7 Å². The molecule has 0 atom stereocenters. The Morgan fingerprint density at radius 3 is 2.23 bits per heavy atom. The maximum Gasteiger partial charge on any atom is 0.490 e. The molecular weight excluding hydrogens is 523 g/mol. The van der Waals surface area contributed by atoms with E-state index in [0.29, 0.717) is 12.3 Å². The van der Waals surface area contributed by atoms with Crippen molar-refractivity contribution in [2.75, 3.05) is 18.4 Å². The highest BCUT2D eigenvalue weighted by Crippen LogP contribution is 2.23. The number of hydrogen-bond donors (Lipinski definition) is 3. The number of aromatic nitrogens is 1. The number of alkyl halides is 3. The van der Waals surface area contributed by atoms with E-state index in [0.717, 1.165) is 34.4 Å². The van der Waals surface area contributed by atoms with Gasteiger partial charge in [0.25, 0.3) is 5.91 Å². The highest BCUT2D eigenvalue weighted by atomic mass is 19.4. The summed E-state index contributed by atoms with van der Waals surface area (Å²) >= 11 is 0. The van der Waals surface area contributed by atoms with Crippen molar-refractivity contribution in [1.82, 2.24) is 9.88 Å². The number of fused-ring (bicyclic) bond motifs is 1. The Kier molecular flexibility index (Phi) is 9.44. The van der Waals surface area contributed by atoms with Crippen LogP contribution in [-0.2, 0) is 17.9 Å². The van der Waals surface area contributed by atoms with Crippen molar-refractivity contribution in [3.63, 3.8) is 0 Å². The smallest absolute Gasteiger partial charge is 0.489 e. The molecule has 3 N–H and O–H groups in total. The van der Waals surface area contributed by atoms with Crippen molar-refractivity contribution in [1.29, 1.82) is 0 Å². The number of halogens is 3. The predicted octanol–water partition coefficient (Wildman–Crippen LogP) is 6.62. The lowest BCUT2D eigenvalue weighted by molar-refractivity contribution is -0.192. The molecule has 1 fully saturated rings. The second-order valence-electron chi connectivity index (χ2n) is 9.50. The van der Waals surface area contributed by atoms with E-state index in [1.165, 1.54) is 37.9 Å². The van der Waals surface area contributed by atoms with E-state index in [1.54, 1.807) is 0 Å². The van der Waals surface area contributed by atoms with Gasteiger partial charge in [-0.1, -0.05) is 48.9 Å². The van der Waals surface area contributed by atoms with Crippen LogP contribution in [0.5, 0.6) is 5.75 Å². The second kappa shape index (κ2) is 13.2. The third kappa shape index (κ3) is 8.34. The first-order chi connectivity index (χ1) is 19.2. The molecule has 1 aromatic heterocycles. The molecule has 1 aliphatic rings. The number of carboxylic acid groups (broad SMARTS) is 1. The number of nitrogens with one attached hydrogen (secondary N) is 2. The van der Waals surface area contributed by atoms with E-state index in [2.05, 4.69) is 27.3 Å². The van der Waals surface area contributed by atoms with E-state index in [-0.39, 0.29) is 5.91 Å². The van der Waals surface area contributed by atoms with Gasteiger partial charge in [0.1, 0.15) is 18.1 Å². The summed E-state index contributed by atoms with van der Waals surface area (Å²) in [5.74, 6) is -2.13. The summed E-state index contributed by atoms with van der Waals surface area (Å²) in [7, 11) is 0. The first-order valence-electron chi connectivity index (χ1n) is 12.9. The number of anilines is 1. The molecule has 0 bridgehead atoms. The van der Waals surface area contributed by atoms with Crippen molar-refractivity contribution >= 4 is 28.5 Å². The van der Waals surface area contributed by atoms with Crippen LogP contribution in [0.25, 0.3) is 10.9 Å². The Morgan fingerprint density at radius 1 is 0.900 bits per heavy atom. The Hall–Kier alpha value is -4.31. The molecule has 1 saturated heterocycles. The van der Waals surface area contributed by atoms with Gasteiger partial charge in [-0.05, 0) is 73.5 Å². The molecule has 1 amide bonds. The van der Waals surface area contributed by atoms with Crippen molar-refractivity contribution in [3.8, 4) is 5.75 Å². The molecule has 5 rings (SSSR count). The molecule has 2 heterocycles. The van der Waals surface area contributed by atoms with E-state index in [1.807, 2.05) is 66.7 Å². The van der Waals surface area contributed by atoms with Crippen molar-refractivity contribution < 1.29 is 32.6 Å². The van der Waals surface area contributed by atoms with Crippen LogP contribution in [0.2, 0.25) is 0 Å². The van der Waals surface area contributed by atoms with Gasteiger partial charge >= 0.3 is 12.1 Å². The highest BCUT2D eigenvalue weighted by Gasteiger charge is 2.38. The third-order valence-corrected chi connectivity index (χ3v) is 6.39. The average molecular weight is 554 g/mol. The number of hydrogen-bond acceptors (Lipinski definition) is 4. The number of benzene rings is 3. The summed E-state index contributed by atoms with van der Waals surface area (Å²) in [5.41, 5.74) is 4.64. The van der Waals surface area contributed by atoms with Gasteiger partial charge in [-0.3, -0.25) is 9.69 Å². The van der Waals surface area contributed by atoms with Crippen molar-refractivity contribution in [2.24, 2.45) is 0 Å². The van der Waals surface area contributed by atoms with E-state index in [9.17, 15) is 18.0 Å². The predicted molar refractivity (Wildman–Crippen MR) is 146 cm³/mol. The highest BCUT2D eigenvalue weighted by molar-refractivity contribution is 6.06. The molecule has 10 heteroatoms. The zero-order valence-corrected chi connectivity index (χ0v) is 21.7. The summed E-state index contributed by atoms with van der Waals surface area (Å²) in [6.45, 7) is 3.85. The van der Waals surface area contributed by atoms with Gasteiger partial charge in [0.15, 0.2) is 0 Å². The normalized spacial score (nSPS) is 13.8. The van der Waals surface area contributed by atoms with Gasteiger partial charge in [0.2, 0.25) is 0 Å². The molecule has 0 radical (unpaired) electrons. The molecule has 4 aromatic rings. The number of aliphatic carboxylic acids is 1. The molecule has 0 saturated carbocycles. The summed E-state index contributed by atoms with van der Waals surface area (Å²) in [6.07, 6.45) is -1.16. The van der Waals surface area contributed by atoms with Gasteiger partial charge in [0.05, 0.1) is 0 Å². The van der Waals surface area contributed by atoms with Crippen LogP contribution in [0.4, 0.5) is 18.9 Å². The van der Waals surface area contributed by atoms with Crippen LogP contribution in [0.15, 0.2) is 78.9 Å². The van der Waals surface area contributed by atoms with E-state index >= 15 is 0 Å². The first-order valence-corrected chi connectivity index (χ1v) is 12.9. The van der Waals surface area contributed by atoms with E-state index in [4.69, 9.17) is 14.6 Å². The Labute approximate surface area is 229 Å². The molecule has 0 unspecified atom stereocenters. The molecule has 3 aromatic carbocycles. The number of ether oxygens (including phenoxy) is 1. The molecule has 40 heavy (non-hydrogen) atoms. The molecule has 210 valence electrons. The number of carbonyl (C=O) groups excluding carboxylic acids is 1. The standard InChI is InChI=1S/C28H29N3O2.C2HF3O2/c32-28(29-24-11-9-21(10-12-24)19-31-15-5-2-6-16-31)27-18-23-17-25(13-14-26(23)30-27)33-20-22-7-3-1-4-8-22;3-2(4,5)1(6)7/h1,3-4,7-14,17-18,30H,2,5-6,15-16,19-20H2,(H,29,32);(H,6,7). The Bertz CT molecular complexity index is 1410. The monoisotopic (exact) mass is 553 g/mol. The summed E-state index contributed by atoms with van der Waals surface area (Å²) in [6, 6.07) is 25.9. The lowest BCUT2D eigenvalue weighted by atomic mass is 10.1. The number of amides is 1. The minimum Gasteiger partial charge on any atom is -0.489 e. The number of carbonyl (C=O) groups is 2. The van der Waals surface area contributed by atoms with Gasteiger partial charge in [-0.15, -0.1) is 0 Å². The fraction of sp³-hybridized carbons (Fsp3) is 0.267. The van der Waals surface area contributed by atoms with Crippen molar-refractivity contribution in [2.45, 2.75) is 38.6 Å². The summed E-state index contributed by atoms with van der Waals surface area (Å²) < 4.78 is 37.6. The molecule has 0 spiro atoms. The number of aromatic amines is 1. The molecule has 7 nitrogen and oxygen atoms in total. The average Bonchev–Trinajstić information content (AvgIpc) is 3.38. The summed E-state index contributed by atoms with van der Waals surface area (Å²) in [5, 5.41) is 11.1. The minimum atomic E-state index is -5.08. The SMILES string of the molecule is O=C(Nc1ccc(CN2CCCCC2)cc1)c1cc2cc(OCc3ccccc3)ccc2[nH]1.O=C(O)C(F)(F)F. The summed E-state index contributed by atoms with van der Waals surface area (Å²) in [4.78, 5) is 27.4. The Balaban J connectivity index is 0.000000470. The quantitative estimate of drug-likeness (QED) is 0.239. The zero-order chi connectivity index (χ0) is 28.5. The van der Waals surface area contributed by atoms with E-state index < -0.39 is 12.1 Å². The number of rotatable bonds is 7. The van der Waals surface area contributed by atoms with Crippen LogP contribution in [0, 0.1) is 0 Å². The van der Waals surface area contributed by atoms with Crippen LogP contribution >= 0.6 is 0 Å². The van der Waals surface area contributed by atoms with Crippen LogP contribution in [-0.4, -0.2) is 46.1 Å². The Morgan fingerprint density at radius 2 is 1.57 bits per heavy atom. The molecule has 0 aliphatic carbocycles. The number of likely N-dealkylation sites (tertiary alicyclic amines) is 1. The number of nitrogens with zero attached hydrogens (tertiary/aromatic N) is 1. The third-order valence-electron chi connectivity index (χ3n) is 6.39. The number of H-pyrrole nitrogens is 1. The van der Waals surface area contributed by atoms with Crippen LogP contribution < -0.4 is 10.1 Å². The largest absolute Gasteiger partial charge is 0.490 e. The zero-order valence-electron chi connectivity index (χ0n) is 21.7. The van der Waals surface area contributed by atoms with Gasteiger partial charge in [-0.2, -0.15) is 13.2 Å². The lowest BCUT2D eigenvalue weighted by Gasteiger charge is -2.26. The number of piperidine rings is 1. The van der Waals surface area contributed by atoms with Gasteiger partial charge < -0.3 is 20.1 Å². The fourth-order valence-corrected chi connectivity index (χ4v) is 4.33.